The van der Waals surface area contributed by atoms with Gasteiger partial charge in [0.2, 0.25) is 0 Å². The van der Waals surface area contributed by atoms with E-state index in [1.807, 2.05) is 0 Å². The molecule has 0 aliphatic heterocycles. The van der Waals surface area contributed by atoms with Gasteiger partial charge in [0.1, 0.15) is 0 Å². The van der Waals surface area contributed by atoms with Crippen LogP contribution in [-0.2, 0) is 0 Å². The van der Waals surface area contributed by atoms with Crippen LogP contribution in [-0.4, -0.2) is 19.1 Å². The maximum absolute atomic E-state index is 5.60. The fourth-order valence-electron chi connectivity index (χ4n) is 2.65. The molecule has 0 aromatic carbocycles. The molecule has 3 unspecified atom stereocenters. The molecule has 2 nitrogen and oxygen atoms in total. The number of hydrogen-bond donors (Lipinski definition) is 2. The smallest absolute Gasteiger partial charge is 0.00991 e. The lowest BCUT2D eigenvalue weighted by molar-refractivity contribution is 0.420. The molecule has 0 amide bonds. The van der Waals surface area contributed by atoms with Gasteiger partial charge >= 0.3 is 0 Å². The topological polar surface area (TPSA) is 38.0 Å². The van der Waals surface area contributed by atoms with Crippen LogP contribution in [0.3, 0.4) is 0 Å². The lowest BCUT2D eigenvalue weighted by Gasteiger charge is -2.13. The average molecular weight is 226 g/mol. The Morgan fingerprint density at radius 3 is 2.75 bits per heavy atom. The van der Waals surface area contributed by atoms with Crippen molar-refractivity contribution >= 4 is 0 Å². The molecule has 3 N–H and O–H groups in total. The van der Waals surface area contributed by atoms with E-state index >= 15 is 0 Å². The molecule has 1 saturated carbocycles. The fourth-order valence-corrected chi connectivity index (χ4v) is 2.65. The number of hydrogen-bond acceptors (Lipinski definition) is 2. The molecule has 0 heterocycles. The summed E-state index contributed by atoms with van der Waals surface area (Å²) in [5.74, 6) is 1.86. The third-order valence-electron chi connectivity index (χ3n) is 3.93. The van der Waals surface area contributed by atoms with Gasteiger partial charge in [-0.3, -0.25) is 0 Å². The van der Waals surface area contributed by atoms with Crippen LogP contribution >= 0.6 is 0 Å². The van der Waals surface area contributed by atoms with Crippen LogP contribution in [0.25, 0.3) is 0 Å². The van der Waals surface area contributed by atoms with Crippen LogP contribution in [0.2, 0.25) is 0 Å². The summed E-state index contributed by atoms with van der Waals surface area (Å²) in [6, 6.07) is 0.856. The summed E-state index contributed by atoms with van der Waals surface area (Å²) < 4.78 is 0. The van der Waals surface area contributed by atoms with Crippen molar-refractivity contribution < 1.29 is 0 Å². The molecule has 96 valence electrons. The highest BCUT2D eigenvalue weighted by Gasteiger charge is 2.34. The Labute approximate surface area is 101 Å². The van der Waals surface area contributed by atoms with Crippen LogP contribution in [0.5, 0.6) is 0 Å². The lowest BCUT2D eigenvalue weighted by Crippen LogP contribution is -2.20. The zero-order valence-corrected chi connectivity index (χ0v) is 11.2. The van der Waals surface area contributed by atoms with E-state index in [-0.39, 0.29) is 0 Å². The minimum absolute atomic E-state index is 0.854. The predicted molar refractivity (Wildman–Crippen MR) is 71.5 cm³/mol. The summed E-state index contributed by atoms with van der Waals surface area (Å²) in [6.45, 7) is 6.64. The van der Waals surface area contributed by atoms with Crippen molar-refractivity contribution in [1.29, 1.82) is 0 Å². The average Bonchev–Trinajstić information content (AvgIpc) is 3.02. The van der Waals surface area contributed by atoms with Crippen LogP contribution in [0.15, 0.2) is 0 Å². The fraction of sp³-hybridized carbons (Fsp3) is 1.00. The Bertz CT molecular complexity index is 170. The molecule has 0 saturated heterocycles. The Kier molecular flexibility index (Phi) is 7.06. The van der Waals surface area contributed by atoms with Crippen molar-refractivity contribution in [2.45, 2.75) is 64.8 Å². The van der Waals surface area contributed by atoms with Crippen molar-refractivity contribution in [3.8, 4) is 0 Å². The van der Waals surface area contributed by atoms with Gasteiger partial charge in [-0.1, -0.05) is 26.7 Å². The second-order valence-corrected chi connectivity index (χ2v) is 5.34. The molecule has 0 bridgehead atoms. The van der Waals surface area contributed by atoms with Crippen LogP contribution < -0.4 is 11.1 Å². The molecule has 1 aliphatic carbocycles. The van der Waals surface area contributed by atoms with E-state index in [1.165, 1.54) is 51.5 Å². The van der Waals surface area contributed by atoms with E-state index in [2.05, 4.69) is 19.2 Å². The predicted octanol–water partition coefficient (Wildman–Crippen LogP) is 2.92. The number of nitrogens with one attached hydrogen (secondary N) is 1. The van der Waals surface area contributed by atoms with Gasteiger partial charge in [-0.15, -0.1) is 0 Å². The first-order chi connectivity index (χ1) is 7.81. The van der Waals surface area contributed by atoms with E-state index in [1.54, 1.807) is 0 Å². The van der Waals surface area contributed by atoms with E-state index in [4.69, 9.17) is 5.73 Å². The third-order valence-corrected chi connectivity index (χ3v) is 3.93. The van der Waals surface area contributed by atoms with Crippen molar-refractivity contribution in [2.75, 3.05) is 13.1 Å². The summed E-state index contributed by atoms with van der Waals surface area (Å²) in [4.78, 5) is 0. The quantitative estimate of drug-likeness (QED) is 0.562. The molecule has 16 heavy (non-hydrogen) atoms. The first kappa shape index (κ1) is 14.0. The third kappa shape index (κ3) is 5.31. The molecular weight excluding hydrogens is 196 g/mol. The molecule has 0 aromatic rings. The zero-order valence-electron chi connectivity index (χ0n) is 11.2. The molecule has 2 heteroatoms. The molecule has 3 atom stereocenters. The minimum Gasteiger partial charge on any atom is -0.330 e. The maximum atomic E-state index is 5.60. The first-order valence-electron chi connectivity index (χ1n) is 7.25. The molecule has 0 radical (unpaired) electrons. The molecule has 1 fully saturated rings. The highest BCUT2D eigenvalue weighted by atomic mass is 15.0. The van der Waals surface area contributed by atoms with Gasteiger partial charge in [0.05, 0.1) is 0 Å². The van der Waals surface area contributed by atoms with Gasteiger partial charge in [0, 0.05) is 6.04 Å². The molecule has 1 aliphatic rings. The van der Waals surface area contributed by atoms with Crippen molar-refractivity contribution in [3.63, 3.8) is 0 Å². The van der Waals surface area contributed by atoms with Gasteiger partial charge in [-0.05, 0) is 57.0 Å². The van der Waals surface area contributed by atoms with E-state index in [9.17, 15) is 0 Å². The Balaban J connectivity index is 1.92. The van der Waals surface area contributed by atoms with Gasteiger partial charge in [-0.25, -0.2) is 0 Å². The van der Waals surface area contributed by atoms with Gasteiger partial charge < -0.3 is 11.1 Å². The van der Waals surface area contributed by atoms with Crippen LogP contribution in [0.1, 0.15) is 58.8 Å². The Hall–Kier alpha value is -0.0800. The van der Waals surface area contributed by atoms with E-state index in [0.29, 0.717) is 0 Å². The first-order valence-corrected chi connectivity index (χ1v) is 7.25. The van der Waals surface area contributed by atoms with Crippen molar-refractivity contribution in [1.82, 2.24) is 5.32 Å². The Morgan fingerprint density at radius 2 is 2.12 bits per heavy atom. The highest BCUT2D eigenvalue weighted by Crippen LogP contribution is 2.34. The molecule has 0 spiro atoms. The van der Waals surface area contributed by atoms with Gasteiger partial charge in [0.15, 0.2) is 0 Å². The summed E-state index contributed by atoms with van der Waals surface area (Å²) in [6.07, 6.45) is 9.37. The summed E-state index contributed by atoms with van der Waals surface area (Å²) >= 11 is 0. The lowest BCUT2D eigenvalue weighted by atomic mass is 9.97. The van der Waals surface area contributed by atoms with Crippen LogP contribution in [0, 0.1) is 11.8 Å². The largest absolute Gasteiger partial charge is 0.330 e. The second kappa shape index (κ2) is 8.08. The number of nitrogens with two attached hydrogens (primary N) is 1. The summed E-state index contributed by atoms with van der Waals surface area (Å²) in [5, 5.41) is 3.68. The standard InChI is InChI=1S/C14H30N2/c1-3-6-13-11-14(13)16-10-5-7-12(4-2)8-9-15/h12-14,16H,3-11,15H2,1-2H3. The summed E-state index contributed by atoms with van der Waals surface area (Å²) in [5.41, 5.74) is 5.60. The molecule has 1 rings (SSSR count). The Morgan fingerprint density at radius 1 is 1.31 bits per heavy atom. The molecule has 0 aromatic heterocycles. The van der Waals surface area contributed by atoms with Gasteiger partial charge in [0.25, 0.3) is 0 Å². The monoisotopic (exact) mass is 226 g/mol. The van der Waals surface area contributed by atoms with E-state index in [0.717, 1.165) is 24.4 Å². The normalized spacial score (nSPS) is 25.7. The minimum atomic E-state index is 0.854. The van der Waals surface area contributed by atoms with Gasteiger partial charge in [-0.2, -0.15) is 0 Å². The zero-order chi connectivity index (χ0) is 11.8. The SMILES string of the molecule is CCCC1CC1NCCCC(CC)CCN. The van der Waals surface area contributed by atoms with Crippen molar-refractivity contribution in [3.05, 3.63) is 0 Å². The second-order valence-electron chi connectivity index (χ2n) is 5.34. The molecular formula is C14H30N2. The number of rotatable bonds is 10. The van der Waals surface area contributed by atoms with Crippen LogP contribution in [0.4, 0.5) is 0 Å². The summed E-state index contributed by atoms with van der Waals surface area (Å²) in [7, 11) is 0. The maximum Gasteiger partial charge on any atom is 0.00991 e. The van der Waals surface area contributed by atoms with E-state index < -0.39 is 0 Å². The highest BCUT2D eigenvalue weighted by molar-refractivity contribution is 4.92. The van der Waals surface area contributed by atoms with Crippen molar-refractivity contribution in [2.24, 2.45) is 17.6 Å².